The molecule has 1 aromatic carbocycles. The van der Waals surface area contributed by atoms with Crippen molar-refractivity contribution in [3.8, 4) is 0 Å². The van der Waals surface area contributed by atoms with Crippen LogP contribution in [0, 0.1) is 5.92 Å². The number of anilines is 2. The zero-order valence-electron chi connectivity index (χ0n) is 12.5. The first-order valence-electron chi connectivity index (χ1n) is 6.87. The molecule has 0 spiro atoms. The lowest BCUT2D eigenvalue weighted by Gasteiger charge is -2.20. The van der Waals surface area contributed by atoms with Crippen LogP contribution < -0.4 is 11.1 Å². The third kappa shape index (κ3) is 4.60. The first-order valence-corrected chi connectivity index (χ1v) is 7.25. The first-order chi connectivity index (χ1) is 9.35. The van der Waals surface area contributed by atoms with Gasteiger partial charge in [-0.2, -0.15) is 0 Å². The van der Waals surface area contributed by atoms with Crippen LogP contribution in [0.2, 0.25) is 5.02 Å². The van der Waals surface area contributed by atoms with Crippen molar-refractivity contribution in [2.24, 2.45) is 5.92 Å². The van der Waals surface area contributed by atoms with E-state index in [4.69, 9.17) is 22.1 Å². The van der Waals surface area contributed by atoms with Crippen LogP contribution in [-0.2, 0) is 4.74 Å². The quantitative estimate of drug-likeness (QED) is 0.616. The van der Waals surface area contributed by atoms with Gasteiger partial charge in [-0.25, -0.2) is 4.79 Å². The van der Waals surface area contributed by atoms with Crippen molar-refractivity contribution < 1.29 is 9.53 Å². The Labute approximate surface area is 125 Å². The SMILES string of the molecule is CCOC(=O)c1cc(N)cc(Cl)c1NC(C)CC(C)C. The molecule has 0 aliphatic rings. The normalized spacial score (nSPS) is 12.3. The summed E-state index contributed by atoms with van der Waals surface area (Å²) in [6, 6.07) is 3.42. The number of rotatable bonds is 6. The molecule has 0 amide bonds. The Hall–Kier alpha value is -1.42. The van der Waals surface area contributed by atoms with Gasteiger partial charge in [0.2, 0.25) is 0 Å². The number of hydrogen-bond donors (Lipinski definition) is 2. The summed E-state index contributed by atoms with van der Waals surface area (Å²) >= 11 is 6.21. The van der Waals surface area contributed by atoms with Crippen LogP contribution in [0.3, 0.4) is 0 Å². The molecule has 0 aliphatic heterocycles. The zero-order chi connectivity index (χ0) is 15.3. The number of halogens is 1. The lowest BCUT2D eigenvalue weighted by Crippen LogP contribution is -2.20. The second-order valence-electron chi connectivity index (χ2n) is 5.32. The van der Waals surface area contributed by atoms with Gasteiger partial charge in [-0.15, -0.1) is 0 Å². The Morgan fingerprint density at radius 3 is 2.60 bits per heavy atom. The van der Waals surface area contributed by atoms with Crippen LogP contribution in [0.25, 0.3) is 0 Å². The molecule has 3 N–H and O–H groups in total. The van der Waals surface area contributed by atoms with Gasteiger partial charge in [0.15, 0.2) is 0 Å². The van der Waals surface area contributed by atoms with Gasteiger partial charge in [-0.1, -0.05) is 25.4 Å². The molecular weight excluding hydrogens is 276 g/mol. The van der Waals surface area contributed by atoms with Gasteiger partial charge in [0.05, 0.1) is 22.9 Å². The number of ether oxygens (including phenoxy) is 1. The van der Waals surface area contributed by atoms with Crippen LogP contribution in [0.5, 0.6) is 0 Å². The van der Waals surface area contributed by atoms with Crippen molar-refractivity contribution in [2.45, 2.75) is 40.2 Å². The molecule has 1 atom stereocenters. The average molecular weight is 299 g/mol. The third-order valence-electron chi connectivity index (χ3n) is 2.82. The minimum Gasteiger partial charge on any atom is -0.462 e. The molecule has 0 aliphatic carbocycles. The highest BCUT2D eigenvalue weighted by Crippen LogP contribution is 2.31. The van der Waals surface area contributed by atoms with Crippen molar-refractivity contribution >= 4 is 28.9 Å². The number of nitrogens with one attached hydrogen (secondary N) is 1. The van der Waals surface area contributed by atoms with Crippen molar-refractivity contribution in [2.75, 3.05) is 17.7 Å². The fraction of sp³-hybridized carbons (Fsp3) is 0.533. The molecule has 5 heteroatoms. The van der Waals surface area contributed by atoms with Gasteiger partial charge in [-0.3, -0.25) is 0 Å². The summed E-state index contributed by atoms with van der Waals surface area (Å²) in [6.45, 7) is 8.43. The third-order valence-corrected chi connectivity index (χ3v) is 3.12. The maximum absolute atomic E-state index is 12.0. The van der Waals surface area contributed by atoms with E-state index in [9.17, 15) is 4.79 Å². The highest BCUT2D eigenvalue weighted by Gasteiger charge is 2.18. The van der Waals surface area contributed by atoms with Gasteiger partial charge in [0, 0.05) is 11.7 Å². The van der Waals surface area contributed by atoms with Crippen molar-refractivity contribution in [3.63, 3.8) is 0 Å². The predicted octanol–water partition coefficient (Wildman–Crippen LogP) is 3.95. The average Bonchev–Trinajstić information content (AvgIpc) is 2.31. The number of carbonyl (C=O) groups excluding carboxylic acids is 1. The number of hydrogen-bond acceptors (Lipinski definition) is 4. The Kier molecular flexibility index (Phi) is 6.14. The van der Waals surface area contributed by atoms with E-state index >= 15 is 0 Å². The maximum Gasteiger partial charge on any atom is 0.340 e. The van der Waals surface area contributed by atoms with Crippen LogP contribution in [0.15, 0.2) is 12.1 Å². The molecule has 0 heterocycles. The summed E-state index contributed by atoms with van der Waals surface area (Å²) in [7, 11) is 0. The molecule has 1 rings (SSSR count). The molecule has 112 valence electrons. The summed E-state index contributed by atoms with van der Waals surface area (Å²) < 4.78 is 5.05. The molecule has 0 aromatic heterocycles. The fourth-order valence-corrected chi connectivity index (χ4v) is 2.44. The van der Waals surface area contributed by atoms with E-state index in [1.54, 1.807) is 19.1 Å². The summed E-state index contributed by atoms with van der Waals surface area (Å²) in [5, 5.41) is 3.72. The molecule has 0 saturated carbocycles. The number of esters is 1. The number of nitrogen functional groups attached to an aromatic ring is 1. The van der Waals surface area contributed by atoms with Gasteiger partial charge in [-0.05, 0) is 38.3 Å². The van der Waals surface area contributed by atoms with Gasteiger partial charge < -0.3 is 15.8 Å². The van der Waals surface area contributed by atoms with Crippen molar-refractivity contribution in [1.82, 2.24) is 0 Å². The van der Waals surface area contributed by atoms with E-state index in [0.29, 0.717) is 34.5 Å². The molecule has 0 fully saturated rings. The number of carbonyl (C=O) groups is 1. The molecule has 0 saturated heterocycles. The van der Waals surface area contributed by atoms with Crippen LogP contribution in [-0.4, -0.2) is 18.6 Å². The van der Waals surface area contributed by atoms with E-state index in [-0.39, 0.29) is 6.04 Å². The Morgan fingerprint density at radius 1 is 1.40 bits per heavy atom. The fourth-order valence-electron chi connectivity index (χ4n) is 2.16. The molecule has 4 nitrogen and oxygen atoms in total. The van der Waals surface area contributed by atoms with E-state index in [0.717, 1.165) is 6.42 Å². The van der Waals surface area contributed by atoms with Crippen LogP contribution in [0.1, 0.15) is 44.5 Å². The van der Waals surface area contributed by atoms with Crippen molar-refractivity contribution in [1.29, 1.82) is 0 Å². The van der Waals surface area contributed by atoms with E-state index in [1.807, 2.05) is 0 Å². The minimum atomic E-state index is -0.416. The summed E-state index contributed by atoms with van der Waals surface area (Å²) in [4.78, 5) is 12.0. The predicted molar refractivity (Wildman–Crippen MR) is 84.4 cm³/mol. The Bertz CT molecular complexity index is 475. The Balaban J connectivity index is 3.06. The van der Waals surface area contributed by atoms with Crippen LogP contribution >= 0.6 is 11.6 Å². The second-order valence-corrected chi connectivity index (χ2v) is 5.73. The number of benzene rings is 1. The zero-order valence-corrected chi connectivity index (χ0v) is 13.3. The lowest BCUT2D eigenvalue weighted by atomic mass is 10.0. The van der Waals surface area contributed by atoms with Crippen molar-refractivity contribution in [3.05, 3.63) is 22.7 Å². The van der Waals surface area contributed by atoms with Crippen LogP contribution in [0.4, 0.5) is 11.4 Å². The van der Waals surface area contributed by atoms with Gasteiger partial charge in [0.25, 0.3) is 0 Å². The highest BCUT2D eigenvalue weighted by molar-refractivity contribution is 6.34. The van der Waals surface area contributed by atoms with E-state index < -0.39 is 5.97 Å². The number of nitrogens with two attached hydrogens (primary N) is 1. The summed E-state index contributed by atoms with van der Waals surface area (Å²) in [5.41, 5.74) is 7.17. The maximum atomic E-state index is 12.0. The van der Waals surface area contributed by atoms with E-state index in [2.05, 4.69) is 26.1 Å². The second kappa shape index (κ2) is 7.39. The molecular formula is C15H23ClN2O2. The largest absolute Gasteiger partial charge is 0.462 e. The smallest absolute Gasteiger partial charge is 0.340 e. The molecule has 0 radical (unpaired) electrons. The van der Waals surface area contributed by atoms with Gasteiger partial charge in [0.1, 0.15) is 0 Å². The standard InChI is InChI=1S/C15H23ClN2O2/c1-5-20-15(19)12-7-11(17)8-13(16)14(12)18-10(4)6-9(2)3/h7-10,18H,5-6,17H2,1-4H3. The molecule has 20 heavy (non-hydrogen) atoms. The molecule has 1 unspecified atom stereocenters. The Morgan fingerprint density at radius 2 is 2.05 bits per heavy atom. The monoisotopic (exact) mass is 298 g/mol. The summed E-state index contributed by atoms with van der Waals surface area (Å²) in [5.74, 6) is 0.136. The summed E-state index contributed by atoms with van der Waals surface area (Å²) in [6.07, 6.45) is 0.975. The first kappa shape index (κ1) is 16.6. The van der Waals surface area contributed by atoms with E-state index in [1.165, 1.54) is 0 Å². The molecule has 0 bridgehead atoms. The minimum absolute atomic E-state index is 0.198. The molecule has 1 aromatic rings. The highest BCUT2D eigenvalue weighted by atomic mass is 35.5. The topological polar surface area (TPSA) is 64.3 Å². The lowest BCUT2D eigenvalue weighted by molar-refractivity contribution is 0.0527. The van der Waals surface area contributed by atoms with Gasteiger partial charge >= 0.3 is 5.97 Å².